The van der Waals surface area contributed by atoms with E-state index in [1.54, 1.807) is 0 Å². The molecule has 7 heteroatoms. The molecule has 0 atom stereocenters. The summed E-state index contributed by atoms with van der Waals surface area (Å²) >= 11 is 0. The number of carbonyl (C=O) groups excluding carboxylic acids is 1. The Morgan fingerprint density at radius 3 is 2.50 bits per heavy atom. The van der Waals surface area contributed by atoms with E-state index in [0.29, 0.717) is 0 Å². The highest BCUT2D eigenvalue weighted by molar-refractivity contribution is 5.79. The molecule has 1 fully saturated rings. The zero-order valence-corrected chi connectivity index (χ0v) is 14.9. The molecule has 24 heavy (non-hydrogen) atoms. The highest BCUT2D eigenvalue weighted by atomic mass is 16.1. The summed E-state index contributed by atoms with van der Waals surface area (Å²) in [6, 6.07) is 4.14. The van der Waals surface area contributed by atoms with E-state index in [-0.39, 0.29) is 23.8 Å². The van der Waals surface area contributed by atoms with E-state index >= 15 is 0 Å². The number of aromatic nitrogens is 4. The van der Waals surface area contributed by atoms with E-state index in [2.05, 4.69) is 34.3 Å². The lowest BCUT2D eigenvalue weighted by atomic mass is 9.95. The molecule has 0 aliphatic carbocycles. The van der Waals surface area contributed by atoms with Gasteiger partial charge < -0.3 is 10.2 Å². The van der Waals surface area contributed by atoms with Crippen molar-refractivity contribution in [2.75, 3.05) is 18.0 Å². The van der Waals surface area contributed by atoms with Crippen LogP contribution >= 0.6 is 0 Å². The monoisotopic (exact) mass is 330 g/mol. The summed E-state index contributed by atoms with van der Waals surface area (Å²) in [5, 5.41) is 16.1. The number of carbonyl (C=O) groups is 1. The van der Waals surface area contributed by atoms with Crippen molar-refractivity contribution in [1.82, 2.24) is 25.1 Å². The van der Waals surface area contributed by atoms with Crippen molar-refractivity contribution in [1.29, 1.82) is 0 Å². The number of nitrogens with one attached hydrogen (secondary N) is 1. The highest BCUT2D eigenvalue weighted by Crippen LogP contribution is 2.23. The second-order valence-electron chi connectivity index (χ2n) is 7.10. The Labute approximate surface area is 142 Å². The van der Waals surface area contributed by atoms with Gasteiger partial charge in [0.2, 0.25) is 5.91 Å². The molecule has 0 saturated carbocycles. The van der Waals surface area contributed by atoms with Crippen molar-refractivity contribution >= 4 is 17.4 Å². The molecule has 130 valence electrons. The average Bonchev–Trinajstić information content (AvgIpc) is 2.97. The maximum Gasteiger partial charge on any atom is 0.223 e. The summed E-state index contributed by atoms with van der Waals surface area (Å²) in [6.07, 6.45) is 1.72. The van der Waals surface area contributed by atoms with Crippen LogP contribution in [0.3, 0.4) is 0 Å². The Morgan fingerprint density at radius 1 is 1.17 bits per heavy atom. The van der Waals surface area contributed by atoms with Gasteiger partial charge in [0.1, 0.15) is 5.82 Å². The number of anilines is 1. The van der Waals surface area contributed by atoms with Crippen LogP contribution in [0.2, 0.25) is 0 Å². The van der Waals surface area contributed by atoms with Crippen LogP contribution in [-0.2, 0) is 4.79 Å². The Morgan fingerprint density at radius 2 is 1.88 bits per heavy atom. The number of amides is 1. The molecule has 3 heterocycles. The third-order valence-electron chi connectivity index (χ3n) is 4.41. The van der Waals surface area contributed by atoms with E-state index in [1.807, 2.05) is 30.5 Å². The van der Waals surface area contributed by atoms with E-state index in [9.17, 15) is 4.79 Å². The van der Waals surface area contributed by atoms with Crippen molar-refractivity contribution in [2.45, 2.75) is 52.5 Å². The van der Waals surface area contributed by atoms with Gasteiger partial charge in [-0.2, -0.15) is 4.52 Å². The average molecular weight is 330 g/mol. The lowest BCUT2D eigenvalue weighted by Crippen LogP contribution is -2.42. The van der Waals surface area contributed by atoms with Crippen LogP contribution in [0.1, 0.15) is 52.3 Å². The zero-order chi connectivity index (χ0) is 17.3. The molecule has 1 N–H and O–H groups in total. The molecule has 2 aromatic rings. The van der Waals surface area contributed by atoms with Gasteiger partial charge in [0.15, 0.2) is 11.5 Å². The lowest BCUT2D eigenvalue weighted by Gasteiger charge is -2.32. The second kappa shape index (κ2) is 6.75. The minimum absolute atomic E-state index is 0.105. The van der Waals surface area contributed by atoms with Crippen LogP contribution in [0.5, 0.6) is 0 Å². The molecule has 0 radical (unpaired) electrons. The van der Waals surface area contributed by atoms with Crippen LogP contribution in [0, 0.1) is 5.92 Å². The number of nitrogens with zero attached hydrogens (tertiary/aromatic N) is 5. The van der Waals surface area contributed by atoms with Crippen molar-refractivity contribution in [3.63, 3.8) is 0 Å². The SMILES string of the molecule is CC(C)NC(=O)C1CCN(c2ccc3nnc(C(C)C)n3n2)CC1. The predicted octanol–water partition coefficient (Wildman–Crippen LogP) is 1.99. The Kier molecular flexibility index (Phi) is 4.69. The summed E-state index contributed by atoms with van der Waals surface area (Å²) in [4.78, 5) is 14.4. The molecule has 0 spiro atoms. The maximum atomic E-state index is 12.1. The molecule has 2 aromatic heterocycles. The first-order valence-corrected chi connectivity index (χ1v) is 8.73. The molecule has 1 aliphatic heterocycles. The van der Waals surface area contributed by atoms with Gasteiger partial charge in [0.05, 0.1) is 0 Å². The molecule has 0 aromatic carbocycles. The molecule has 1 aliphatic rings. The number of rotatable bonds is 4. The first kappa shape index (κ1) is 16.7. The summed E-state index contributed by atoms with van der Waals surface area (Å²) in [5.74, 6) is 2.35. The Balaban J connectivity index is 1.71. The maximum absolute atomic E-state index is 12.1. The predicted molar refractivity (Wildman–Crippen MR) is 93.1 cm³/mol. The van der Waals surface area contributed by atoms with Gasteiger partial charge in [-0.15, -0.1) is 15.3 Å². The smallest absolute Gasteiger partial charge is 0.223 e. The summed E-state index contributed by atoms with van der Waals surface area (Å²) in [6.45, 7) is 9.85. The van der Waals surface area contributed by atoms with Gasteiger partial charge in [-0.1, -0.05) is 13.8 Å². The van der Waals surface area contributed by atoms with Gasteiger partial charge in [0, 0.05) is 31.0 Å². The second-order valence-corrected chi connectivity index (χ2v) is 7.10. The topological polar surface area (TPSA) is 75.4 Å². The van der Waals surface area contributed by atoms with Crippen molar-refractivity contribution < 1.29 is 4.79 Å². The van der Waals surface area contributed by atoms with Crippen LogP contribution in [0.15, 0.2) is 12.1 Å². The van der Waals surface area contributed by atoms with Crippen LogP contribution in [-0.4, -0.2) is 44.8 Å². The minimum Gasteiger partial charge on any atom is -0.355 e. The van der Waals surface area contributed by atoms with Gasteiger partial charge in [-0.25, -0.2) is 0 Å². The Hall–Kier alpha value is -2.18. The third kappa shape index (κ3) is 3.34. The molecule has 0 unspecified atom stereocenters. The lowest BCUT2D eigenvalue weighted by molar-refractivity contribution is -0.126. The normalized spacial score (nSPS) is 16.3. The van der Waals surface area contributed by atoms with E-state index in [1.165, 1.54) is 0 Å². The molecular weight excluding hydrogens is 304 g/mol. The quantitative estimate of drug-likeness (QED) is 0.928. The molecule has 7 nitrogen and oxygen atoms in total. The van der Waals surface area contributed by atoms with E-state index < -0.39 is 0 Å². The van der Waals surface area contributed by atoms with E-state index in [0.717, 1.165) is 43.2 Å². The molecule has 0 bridgehead atoms. The number of hydrogen-bond donors (Lipinski definition) is 1. The Bertz CT molecular complexity index is 715. The third-order valence-corrected chi connectivity index (χ3v) is 4.41. The fraction of sp³-hybridized carbons (Fsp3) is 0.647. The van der Waals surface area contributed by atoms with Crippen molar-refractivity contribution in [2.24, 2.45) is 5.92 Å². The summed E-state index contributed by atoms with van der Waals surface area (Å²) in [5.41, 5.74) is 0.772. The van der Waals surface area contributed by atoms with Gasteiger partial charge in [0.25, 0.3) is 0 Å². The number of piperidine rings is 1. The highest BCUT2D eigenvalue weighted by Gasteiger charge is 2.26. The first-order chi connectivity index (χ1) is 11.5. The van der Waals surface area contributed by atoms with Crippen LogP contribution in [0.25, 0.3) is 5.65 Å². The van der Waals surface area contributed by atoms with E-state index in [4.69, 9.17) is 5.10 Å². The zero-order valence-electron chi connectivity index (χ0n) is 14.9. The molecular formula is C17H26N6O. The molecule has 1 amide bonds. The fourth-order valence-electron chi connectivity index (χ4n) is 3.10. The largest absolute Gasteiger partial charge is 0.355 e. The summed E-state index contributed by atoms with van der Waals surface area (Å²) in [7, 11) is 0. The van der Waals surface area contributed by atoms with Crippen LogP contribution in [0.4, 0.5) is 5.82 Å². The molecule has 3 rings (SSSR count). The van der Waals surface area contributed by atoms with Gasteiger partial charge in [-0.3, -0.25) is 4.79 Å². The van der Waals surface area contributed by atoms with Gasteiger partial charge in [-0.05, 0) is 38.8 Å². The number of hydrogen-bond acceptors (Lipinski definition) is 5. The van der Waals surface area contributed by atoms with Crippen molar-refractivity contribution in [3.8, 4) is 0 Å². The standard InChI is InChI=1S/C17H26N6O/c1-11(2)16-20-19-14-5-6-15(21-23(14)16)22-9-7-13(8-10-22)17(24)18-12(3)4/h5-6,11-13H,7-10H2,1-4H3,(H,18,24). The molecule has 1 saturated heterocycles. The van der Waals surface area contributed by atoms with Crippen molar-refractivity contribution in [3.05, 3.63) is 18.0 Å². The summed E-state index contributed by atoms with van der Waals surface area (Å²) < 4.78 is 1.83. The first-order valence-electron chi connectivity index (χ1n) is 8.73. The number of fused-ring (bicyclic) bond motifs is 1. The van der Waals surface area contributed by atoms with Gasteiger partial charge >= 0.3 is 0 Å². The minimum atomic E-state index is 0.105. The van der Waals surface area contributed by atoms with Crippen LogP contribution < -0.4 is 10.2 Å². The fourth-order valence-corrected chi connectivity index (χ4v) is 3.10.